The summed E-state index contributed by atoms with van der Waals surface area (Å²) in [5.74, 6) is -1.18. The van der Waals surface area contributed by atoms with Crippen LogP contribution in [0.1, 0.15) is 46.0 Å². The minimum Gasteiger partial charge on any atom is -0.481 e. The van der Waals surface area contributed by atoms with Crippen molar-refractivity contribution in [1.82, 2.24) is 10.2 Å². The van der Waals surface area contributed by atoms with Gasteiger partial charge in [0.1, 0.15) is 6.04 Å². The number of likely N-dealkylation sites (tertiary alicyclic amines) is 1. The summed E-state index contributed by atoms with van der Waals surface area (Å²) in [7, 11) is 0. The number of aliphatic carboxylic acids is 1. The zero-order valence-electron chi connectivity index (χ0n) is 11.5. The summed E-state index contributed by atoms with van der Waals surface area (Å²) in [4.78, 5) is 36.1. The first-order valence-corrected chi connectivity index (χ1v) is 6.77. The first-order chi connectivity index (χ1) is 8.95. The van der Waals surface area contributed by atoms with Crippen molar-refractivity contribution in [1.29, 1.82) is 0 Å². The van der Waals surface area contributed by atoms with E-state index in [0.29, 0.717) is 19.4 Å². The molecule has 1 saturated heterocycles. The number of carbonyl (C=O) groups is 3. The largest absolute Gasteiger partial charge is 0.481 e. The molecular weight excluding hydrogens is 248 g/mol. The van der Waals surface area contributed by atoms with Crippen molar-refractivity contribution in [2.75, 3.05) is 6.54 Å². The molecular formula is C13H22N2O4. The number of carbonyl (C=O) groups excluding carboxylic acids is 2. The van der Waals surface area contributed by atoms with Crippen LogP contribution in [-0.2, 0) is 14.4 Å². The molecule has 2 amide bonds. The Hall–Kier alpha value is -1.59. The molecule has 0 bridgehead atoms. The van der Waals surface area contributed by atoms with Crippen LogP contribution in [0.5, 0.6) is 0 Å². The summed E-state index contributed by atoms with van der Waals surface area (Å²) in [5, 5.41) is 11.3. The summed E-state index contributed by atoms with van der Waals surface area (Å²) in [6.45, 7) is 4.20. The van der Waals surface area contributed by atoms with Gasteiger partial charge in [0, 0.05) is 19.0 Å². The molecule has 0 aliphatic carbocycles. The quantitative estimate of drug-likeness (QED) is 0.746. The lowest BCUT2D eigenvalue weighted by atomic mass is 10.1. The third-order valence-corrected chi connectivity index (χ3v) is 3.21. The summed E-state index contributed by atoms with van der Waals surface area (Å²) < 4.78 is 0. The van der Waals surface area contributed by atoms with Gasteiger partial charge in [-0.25, -0.2) is 0 Å². The zero-order chi connectivity index (χ0) is 14.4. The number of hydrogen-bond acceptors (Lipinski definition) is 3. The van der Waals surface area contributed by atoms with Crippen LogP contribution in [0, 0.1) is 0 Å². The Morgan fingerprint density at radius 1 is 1.42 bits per heavy atom. The van der Waals surface area contributed by atoms with Gasteiger partial charge >= 0.3 is 5.97 Å². The smallest absolute Gasteiger partial charge is 0.305 e. The molecule has 1 aliphatic heterocycles. The van der Waals surface area contributed by atoms with Gasteiger partial charge in [0.25, 0.3) is 0 Å². The van der Waals surface area contributed by atoms with E-state index in [9.17, 15) is 14.4 Å². The van der Waals surface area contributed by atoms with Gasteiger partial charge in [-0.05, 0) is 26.2 Å². The maximum Gasteiger partial charge on any atom is 0.305 e. The SMILES string of the molecule is CCCC(=O)N1CCCC1C(=O)NC(C)CC(=O)O. The lowest BCUT2D eigenvalue weighted by Crippen LogP contribution is -2.48. The van der Waals surface area contributed by atoms with Crippen LogP contribution in [0.15, 0.2) is 0 Å². The van der Waals surface area contributed by atoms with Crippen molar-refractivity contribution >= 4 is 17.8 Å². The number of carboxylic acids is 1. The van der Waals surface area contributed by atoms with Crippen LogP contribution in [0.25, 0.3) is 0 Å². The van der Waals surface area contributed by atoms with Gasteiger partial charge in [-0.3, -0.25) is 14.4 Å². The highest BCUT2D eigenvalue weighted by Crippen LogP contribution is 2.19. The number of amides is 2. The molecule has 0 saturated carbocycles. The zero-order valence-corrected chi connectivity index (χ0v) is 11.5. The molecule has 6 heteroatoms. The Morgan fingerprint density at radius 3 is 2.68 bits per heavy atom. The van der Waals surface area contributed by atoms with Crippen molar-refractivity contribution in [3.05, 3.63) is 0 Å². The highest BCUT2D eigenvalue weighted by molar-refractivity contribution is 5.88. The predicted molar refractivity (Wildman–Crippen MR) is 69.5 cm³/mol. The van der Waals surface area contributed by atoms with E-state index in [1.54, 1.807) is 11.8 Å². The van der Waals surface area contributed by atoms with Crippen LogP contribution in [0.4, 0.5) is 0 Å². The van der Waals surface area contributed by atoms with E-state index in [4.69, 9.17) is 5.11 Å². The van der Waals surface area contributed by atoms with Gasteiger partial charge < -0.3 is 15.3 Å². The normalized spacial score (nSPS) is 20.1. The first-order valence-electron chi connectivity index (χ1n) is 6.77. The van der Waals surface area contributed by atoms with E-state index in [1.807, 2.05) is 6.92 Å². The van der Waals surface area contributed by atoms with Crippen LogP contribution in [-0.4, -0.2) is 46.4 Å². The lowest BCUT2D eigenvalue weighted by Gasteiger charge is -2.25. The fourth-order valence-electron chi connectivity index (χ4n) is 2.35. The highest BCUT2D eigenvalue weighted by atomic mass is 16.4. The molecule has 2 atom stereocenters. The molecule has 2 unspecified atom stereocenters. The second-order valence-corrected chi connectivity index (χ2v) is 5.00. The average Bonchev–Trinajstić information content (AvgIpc) is 2.76. The van der Waals surface area contributed by atoms with Crippen LogP contribution < -0.4 is 5.32 Å². The molecule has 0 aromatic carbocycles. The Labute approximate surface area is 113 Å². The maximum atomic E-state index is 12.1. The number of nitrogens with one attached hydrogen (secondary N) is 1. The Morgan fingerprint density at radius 2 is 2.11 bits per heavy atom. The first kappa shape index (κ1) is 15.5. The van der Waals surface area contributed by atoms with Gasteiger partial charge in [0.05, 0.1) is 6.42 Å². The van der Waals surface area contributed by atoms with E-state index >= 15 is 0 Å². The van der Waals surface area contributed by atoms with E-state index in [1.165, 1.54) is 0 Å². The van der Waals surface area contributed by atoms with Gasteiger partial charge in [-0.2, -0.15) is 0 Å². The molecule has 1 rings (SSSR count). The third-order valence-electron chi connectivity index (χ3n) is 3.21. The van der Waals surface area contributed by atoms with Crippen molar-refractivity contribution in [3.63, 3.8) is 0 Å². The topological polar surface area (TPSA) is 86.7 Å². The molecule has 1 aliphatic rings. The van der Waals surface area contributed by atoms with Gasteiger partial charge in [-0.1, -0.05) is 6.92 Å². The van der Waals surface area contributed by atoms with Crippen LogP contribution in [0.3, 0.4) is 0 Å². The Bertz CT molecular complexity index is 357. The molecule has 1 heterocycles. The average molecular weight is 270 g/mol. The molecule has 108 valence electrons. The van der Waals surface area contributed by atoms with E-state index in [-0.39, 0.29) is 18.2 Å². The molecule has 0 aromatic rings. The summed E-state index contributed by atoms with van der Waals surface area (Å²) in [6.07, 6.45) is 2.58. The highest BCUT2D eigenvalue weighted by Gasteiger charge is 2.33. The van der Waals surface area contributed by atoms with Crippen LogP contribution >= 0.6 is 0 Å². The maximum absolute atomic E-state index is 12.1. The molecule has 0 spiro atoms. The monoisotopic (exact) mass is 270 g/mol. The van der Waals surface area contributed by atoms with Gasteiger partial charge in [0.2, 0.25) is 11.8 Å². The summed E-state index contributed by atoms with van der Waals surface area (Å²) >= 11 is 0. The Balaban J connectivity index is 2.55. The Kier molecular flexibility index (Phi) is 5.79. The van der Waals surface area contributed by atoms with E-state index in [2.05, 4.69) is 5.32 Å². The number of carboxylic acid groups (broad SMARTS) is 1. The van der Waals surface area contributed by atoms with E-state index in [0.717, 1.165) is 12.8 Å². The molecule has 1 fully saturated rings. The standard InChI is InChI=1S/C13H22N2O4/c1-3-5-11(16)15-7-4-6-10(15)13(19)14-9(2)8-12(17)18/h9-10H,3-8H2,1-2H3,(H,14,19)(H,17,18). The van der Waals surface area contributed by atoms with Crippen molar-refractivity contribution in [3.8, 4) is 0 Å². The predicted octanol–water partition coefficient (Wildman–Crippen LogP) is 0.757. The fourth-order valence-corrected chi connectivity index (χ4v) is 2.35. The third kappa shape index (κ3) is 4.54. The second kappa shape index (κ2) is 7.11. The van der Waals surface area contributed by atoms with Crippen LogP contribution in [0.2, 0.25) is 0 Å². The van der Waals surface area contributed by atoms with Crippen molar-refractivity contribution < 1.29 is 19.5 Å². The second-order valence-electron chi connectivity index (χ2n) is 5.00. The molecule has 19 heavy (non-hydrogen) atoms. The summed E-state index contributed by atoms with van der Waals surface area (Å²) in [5.41, 5.74) is 0. The molecule has 6 nitrogen and oxygen atoms in total. The number of hydrogen-bond donors (Lipinski definition) is 2. The molecule has 0 aromatic heterocycles. The van der Waals surface area contributed by atoms with Gasteiger partial charge in [-0.15, -0.1) is 0 Å². The summed E-state index contributed by atoms with van der Waals surface area (Å²) in [6, 6.07) is -0.857. The molecule has 0 radical (unpaired) electrons. The van der Waals surface area contributed by atoms with Crippen molar-refractivity contribution in [2.24, 2.45) is 0 Å². The lowest BCUT2D eigenvalue weighted by molar-refractivity contribution is -0.140. The number of rotatable bonds is 6. The molecule has 2 N–H and O–H groups in total. The minimum atomic E-state index is -0.946. The van der Waals surface area contributed by atoms with Crippen molar-refractivity contribution in [2.45, 2.75) is 58.0 Å². The van der Waals surface area contributed by atoms with E-state index < -0.39 is 18.1 Å². The van der Waals surface area contributed by atoms with Gasteiger partial charge in [0.15, 0.2) is 0 Å². The number of nitrogens with zero attached hydrogens (tertiary/aromatic N) is 1. The minimum absolute atomic E-state index is 0.00559. The fraction of sp³-hybridized carbons (Fsp3) is 0.769.